The molecule has 35 heavy (non-hydrogen) atoms. The van der Waals surface area contributed by atoms with E-state index in [9.17, 15) is 13.2 Å². The van der Waals surface area contributed by atoms with Crippen LogP contribution in [0.15, 0.2) is 47.4 Å². The number of carbonyl (C=O) groups is 1. The highest BCUT2D eigenvalue weighted by molar-refractivity contribution is 7.89. The van der Waals surface area contributed by atoms with Gasteiger partial charge in [-0.1, -0.05) is 18.6 Å². The summed E-state index contributed by atoms with van der Waals surface area (Å²) in [7, 11) is -3.46. The van der Waals surface area contributed by atoms with Gasteiger partial charge in [0.05, 0.1) is 18.0 Å². The highest BCUT2D eigenvalue weighted by Crippen LogP contribution is 2.26. The van der Waals surface area contributed by atoms with Crippen molar-refractivity contribution < 1.29 is 17.9 Å². The van der Waals surface area contributed by atoms with E-state index in [1.165, 1.54) is 11.1 Å². The van der Waals surface area contributed by atoms with Gasteiger partial charge in [-0.05, 0) is 54.3 Å². The van der Waals surface area contributed by atoms with Crippen molar-refractivity contribution in [1.29, 1.82) is 0 Å². The monoisotopic (exact) mass is 498 g/mol. The second-order valence-corrected chi connectivity index (χ2v) is 11.6. The topological polar surface area (TPSA) is 82.2 Å². The van der Waals surface area contributed by atoms with E-state index in [0.717, 1.165) is 70.8 Å². The molecular formula is C26H34N4O4S. The lowest BCUT2D eigenvalue weighted by atomic mass is 10.1. The van der Waals surface area contributed by atoms with Crippen LogP contribution in [0.3, 0.4) is 0 Å². The first-order valence-corrected chi connectivity index (χ1v) is 14.0. The fourth-order valence-corrected chi connectivity index (χ4v) is 6.59. The molecular weight excluding hydrogens is 464 g/mol. The Hall–Kier alpha value is -2.46. The third-order valence-corrected chi connectivity index (χ3v) is 9.00. The third-order valence-electron chi connectivity index (χ3n) is 7.08. The number of anilines is 1. The summed E-state index contributed by atoms with van der Waals surface area (Å²) in [5, 5.41) is 2.91. The van der Waals surface area contributed by atoms with Gasteiger partial charge >= 0.3 is 0 Å². The zero-order valence-electron chi connectivity index (χ0n) is 20.1. The summed E-state index contributed by atoms with van der Waals surface area (Å²) in [5.41, 5.74) is 3.23. The van der Waals surface area contributed by atoms with E-state index in [1.807, 2.05) is 0 Å². The number of piperidine rings is 1. The first kappa shape index (κ1) is 24.2. The summed E-state index contributed by atoms with van der Waals surface area (Å²) >= 11 is 0. The molecule has 3 aliphatic heterocycles. The Morgan fingerprint density at radius 3 is 2.34 bits per heavy atom. The molecule has 3 aliphatic rings. The van der Waals surface area contributed by atoms with Gasteiger partial charge in [0, 0.05) is 57.9 Å². The minimum Gasteiger partial charge on any atom is -0.493 e. The first-order chi connectivity index (χ1) is 17.0. The van der Waals surface area contributed by atoms with Crippen molar-refractivity contribution in [2.24, 2.45) is 0 Å². The van der Waals surface area contributed by atoms with E-state index in [2.05, 4.69) is 33.3 Å². The summed E-state index contributed by atoms with van der Waals surface area (Å²) in [6.07, 6.45) is 3.88. The van der Waals surface area contributed by atoms with Gasteiger partial charge in [0.2, 0.25) is 15.9 Å². The molecule has 0 radical (unpaired) electrons. The van der Waals surface area contributed by atoms with Crippen LogP contribution in [-0.2, 0) is 27.8 Å². The Labute approximate surface area is 207 Å². The lowest BCUT2D eigenvalue weighted by molar-refractivity contribution is -0.117. The number of benzene rings is 2. The van der Waals surface area contributed by atoms with Gasteiger partial charge < -0.3 is 10.1 Å². The van der Waals surface area contributed by atoms with Crippen LogP contribution in [0.4, 0.5) is 5.69 Å². The third kappa shape index (κ3) is 5.86. The average Bonchev–Trinajstić information content (AvgIpc) is 3.34. The molecule has 0 saturated carbocycles. The maximum atomic E-state index is 12.8. The van der Waals surface area contributed by atoms with E-state index < -0.39 is 10.0 Å². The van der Waals surface area contributed by atoms with E-state index in [-0.39, 0.29) is 10.8 Å². The Kier molecular flexibility index (Phi) is 7.38. The average molecular weight is 499 g/mol. The minimum absolute atomic E-state index is 0.0799. The molecule has 0 atom stereocenters. The number of sulfonamides is 1. The number of rotatable bonds is 7. The summed E-state index contributed by atoms with van der Waals surface area (Å²) < 4.78 is 32.7. The molecule has 0 aromatic heterocycles. The van der Waals surface area contributed by atoms with Crippen LogP contribution < -0.4 is 10.1 Å². The number of hydrogen-bond acceptors (Lipinski definition) is 6. The number of nitrogens with one attached hydrogen (secondary N) is 1. The minimum atomic E-state index is -3.46. The van der Waals surface area contributed by atoms with Gasteiger partial charge in [-0.15, -0.1) is 0 Å². The van der Waals surface area contributed by atoms with E-state index in [4.69, 9.17) is 4.74 Å². The van der Waals surface area contributed by atoms with Crippen molar-refractivity contribution >= 4 is 21.6 Å². The summed E-state index contributed by atoms with van der Waals surface area (Å²) in [6.45, 7) is 6.71. The molecule has 2 aromatic rings. The van der Waals surface area contributed by atoms with Crippen molar-refractivity contribution in [2.75, 3.05) is 57.7 Å². The van der Waals surface area contributed by atoms with Crippen LogP contribution in [0.1, 0.15) is 30.4 Å². The highest BCUT2D eigenvalue weighted by atomic mass is 32.2. The predicted molar refractivity (Wildman–Crippen MR) is 135 cm³/mol. The van der Waals surface area contributed by atoms with Gasteiger partial charge in [-0.25, -0.2) is 8.42 Å². The zero-order chi connectivity index (χ0) is 24.3. The van der Waals surface area contributed by atoms with Crippen LogP contribution in [0, 0.1) is 0 Å². The van der Waals surface area contributed by atoms with Gasteiger partial charge in [-0.2, -0.15) is 4.31 Å². The highest BCUT2D eigenvalue weighted by Gasteiger charge is 2.26. The zero-order valence-corrected chi connectivity index (χ0v) is 20.9. The van der Waals surface area contributed by atoms with Crippen molar-refractivity contribution in [3.63, 3.8) is 0 Å². The van der Waals surface area contributed by atoms with Crippen LogP contribution in [0.5, 0.6) is 5.75 Å². The quantitative estimate of drug-likeness (QED) is 0.632. The molecule has 8 nitrogen and oxygen atoms in total. The van der Waals surface area contributed by atoms with Crippen LogP contribution in [0.2, 0.25) is 0 Å². The van der Waals surface area contributed by atoms with Gasteiger partial charge in [0.15, 0.2) is 0 Å². The Bertz CT molecular complexity index is 1140. The molecule has 1 amide bonds. The van der Waals surface area contributed by atoms with Gasteiger partial charge in [-0.3, -0.25) is 14.6 Å². The fourth-order valence-electron chi connectivity index (χ4n) is 5.07. The molecule has 2 fully saturated rings. The molecule has 0 spiro atoms. The largest absolute Gasteiger partial charge is 0.493 e. The fraction of sp³-hybridized carbons (Fsp3) is 0.500. The molecule has 0 unspecified atom stereocenters. The van der Waals surface area contributed by atoms with E-state index in [1.54, 1.807) is 28.6 Å². The smallest absolute Gasteiger partial charge is 0.243 e. The van der Waals surface area contributed by atoms with Crippen LogP contribution in [-0.4, -0.2) is 80.9 Å². The van der Waals surface area contributed by atoms with Crippen molar-refractivity contribution in [2.45, 2.75) is 37.1 Å². The van der Waals surface area contributed by atoms with Gasteiger partial charge in [0.25, 0.3) is 0 Å². The molecule has 0 bridgehead atoms. The Morgan fingerprint density at radius 1 is 0.886 bits per heavy atom. The molecule has 5 rings (SSSR count). The number of carbonyl (C=O) groups excluding carboxylic acids is 1. The van der Waals surface area contributed by atoms with Crippen molar-refractivity contribution in [1.82, 2.24) is 14.1 Å². The van der Waals surface area contributed by atoms with Gasteiger partial charge in [0.1, 0.15) is 5.75 Å². The number of fused-ring (bicyclic) bond motifs is 1. The molecule has 3 heterocycles. The number of piperazine rings is 1. The molecule has 9 heteroatoms. The second kappa shape index (κ2) is 10.7. The van der Waals surface area contributed by atoms with E-state index in [0.29, 0.717) is 25.3 Å². The van der Waals surface area contributed by atoms with Crippen LogP contribution >= 0.6 is 0 Å². The van der Waals surface area contributed by atoms with Crippen LogP contribution in [0.25, 0.3) is 0 Å². The Balaban J connectivity index is 1.08. The maximum absolute atomic E-state index is 12.8. The van der Waals surface area contributed by atoms with E-state index >= 15 is 0 Å². The molecule has 2 saturated heterocycles. The summed E-state index contributed by atoms with van der Waals surface area (Å²) in [5.74, 6) is 0.937. The standard InChI is InChI=1S/C26H34N4O4S/c31-26(27-23-5-7-24(8-6-23)35(32,33)30-11-2-1-3-12-30)20-29-15-13-28(14-16-29)19-21-4-9-25-22(18-21)10-17-34-25/h4-9,18H,1-3,10-17,19-20H2,(H,27,31). The number of hydrogen-bond donors (Lipinski definition) is 1. The molecule has 2 aromatic carbocycles. The predicted octanol–water partition coefficient (Wildman–Crippen LogP) is 2.55. The number of amides is 1. The maximum Gasteiger partial charge on any atom is 0.243 e. The summed E-state index contributed by atoms with van der Waals surface area (Å²) in [6, 6.07) is 13.0. The SMILES string of the molecule is O=C(CN1CCN(Cc2ccc3c(c2)CCO3)CC1)Nc1ccc(S(=O)(=O)N2CCCCC2)cc1. The second-order valence-electron chi connectivity index (χ2n) is 9.63. The lowest BCUT2D eigenvalue weighted by Crippen LogP contribution is -2.48. The lowest BCUT2D eigenvalue weighted by Gasteiger charge is -2.34. The molecule has 0 aliphatic carbocycles. The normalized spacial score (nSPS) is 19.8. The van der Waals surface area contributed by atoms with Crippen molar-refractivity contribution in [3.05, 3.63) is 53.6 Å². The molecule has 1 N–H and O–H groups in total. The number of nitrogens with zero attached hydrogens (tertiary/aromatic N) is 3. The number of ether oxygens (including phenoxy) is 1. The molecule has 188 valence electrons. The van der Waals surface area contributed by atoms with Crippen molar-refractivity contribution in [3.8, 4) is 5.75 Å². The first-order valence-electron chi connectivity index (χ1n) is 12.6. The Morgan fingerprint density at radius 2 is 1.60 bits per heavy atom. The summed E-state index contributed by atoms with van der Waals surface area (Å²) in [4.78, 5) is 17.5.